The first kappa shape index (κ1) is 15.6. The van der Waals surface area contributed by atoms with E-state index >= 15 is 0 Å². The number of rotatable bonds is 2. The molecule has 22 heavy (non-hydrogen) atoms. The molecule has 6 heteroatoms. The van der Waals surface area contributed by atoms with E-state index in [0.29, 0.717) is 16.8 Å². The minimum atomic E-state index is -0.988. The quantitative estimate of drug-likeness (QED) is 0.811. The zero-order valence-electron chi connectivity index (χ0n) is 13.3. The fourth-order valence-corrected chi connectivity index (χ4v) is 5.81. The largest absolute Gasteiger partial charge is 0.349 e. The molecule has 3 heterocycles. The van der Waals surface area contributed by atoms with Gasteiger partial charge in [-0.15, -0.1) is 0 Å². The number of aromatic amines is 1. The predicted octanol–water partition coefficient (Wildman–Crippen LogP) is 4.13. The van der Waals surface area contributed by atoms with Crippen molar-refractivity contribution in [2.45, 2.75) is 51.0 Å². The van der Waals surface area contributed by atoms with Crippen molar-refractivity contribution in [2.24, 2.45) is 0 Å². The molecule has 0 saturated carbocycles. The van der Waals surface area contributed by atoms with Gasteiger partial charge in [-0.3, -0.25) is 9.78 Å². The van der Waals surface area contributed by atoms with Gasteiger partial charge >= 0.3 is 0 Å². The number of nitrogens with zero attached hydrogens (tertiary/aromatic N) is 1. The number of carbonyl (C=O) groups is 1. The van der Waals surface area contributed by atoms with Crippen LogP contribution < -0.4 is 5.32 Å². The van der Waals surface area contributed by atoms with Gasteiger partial charge in [-0.2, -0.15) is 0 Å². The average Bonchev–Trinajstić information content (AvgIpc) is 2.90. The van der Waals surface area contributed by atoms with Gasteiger partial charge < -0.3 is 10.3 Å². The third-order valence-corrected chi connectivity index (χ3v) is 8.47. The summed E-state index contributed by atoms with van der Waals surface area (Å²) in [5.74, 6) is -0.0451. The van der Waals surface area contributed by atoms with Crippen molar-refractivity contribution < 1.29 is 4.79 Å². The normalized spacial score (nSPS) is 18.5. The Kier molecular flexibility index (Phi) is 4.03. The summed E-state index contributed by atoms with van der Waals surface area (Å²) in [6, 6.07) is 4.71. The maximum Gasteiger partial charge on any atom is 0.267 e. The summed E-state index contributed by atoms with van der Waals surface area (Å²) < 4.78 is 0. The number of hydrogen-bond acceptors (Lipinski definition) is 2. The molecule has 1 amide bonds. The van der Waals surface area contributed by atoms with Crippen LogP contribution in [0.2, 0.25) is 30.2 Å². The third kappa shape index (κ3) is 3.06. The lowest BCUT2D eigenvalue weighted by atomic mass is 10.1. The summed E-state index contributed by atoms with van der Waals surface area (Å²) in [7, 11) is -0.988. The Morgan fingerprint density at radius 3 is 2.77 bits per heavy atom. The minimum Gasteiger partial charge on any atom is -0.349 e. The van der Waals surface area contributed by atoms with Crippen LogP contribution in [0.15, 0.2) is 12.3 Å². The van der Waals surface area contributed by atoms with E-state index < -0.39 is 8.07 Å². The van der Waals surface area contributed by atoms with Gasteiger partial charge in [-0.05, 0) is 25.8 Å². The molecule has 2 aromatic heterocycles. The molecular formula is C16H22ClN3OSi. The Hall–Kier alpha value is -1.33. The highest BCUT2D eigenvalue weighted by atomic mass is 35.5. The zero-order chi connectivity index (χ0) is 15.9. The molecule has 0 bridgehead atoms. The molecule has 1 saturated heterocycles. The molecule has 2 aromatic rings. The Morgan fingerprint density at radius 2 is 2.09 bits per heavy atom. The number of nitrogens with one attached hydrogen (secondary N) is 2. The summed E-state index contributed by atoms with van der Waals surface area (Å²) >= 11 is 6.26. The van der Waals surface area contributed by atoms with Crippen molar-refractivity contribution in [3.8, 4) is 0 Å². The monoisotopic (exact) mass is 335 g/mol. The highest BCUT2D eigenvalue weighted by molar-refractivity contribution is 6.77. The summed E-state index contributed by atoms with van der Waals surface area (Å²) in [6.45, 7) is 6.72. The summed E-state index contributed by atoms with van der Waals surface area (Å²) in [6.07, 6.45) is 3.93. The smallest absolute Gasteiger partial charge is 0.267 e. The van der Waals surface area contributed by atoms with Crippen LogP contribution in [-0.4, -0.2) is 30.0 Å². The van der Waals surface area contributed by atoms with E-state index in [1.165, 1.54) is 12.1 Å². The van der Waals surface area contributed by atoms with E-state index in [-0.39, 0.29) is 5.91 Å². The maximum atomic E-state index is 12.4. The molecule has 0 aliphatic carbocycles. The number of fused-ring (bicyclic) bond motifs is 1. The van der Waals surface area contributed by atoms with E-state index in [2.05, 4.69) is 28.4 Å². The van der Waals surface area contributed by atoms with Gasteiger partial charge in [0.25, 0.3) is 5.91 Å². The molecule has 0 radical (unpaired) electrons. The highest BCUT2D eigenvalue weighted by Gasteiger charge is 2.29. The lowest BCUT2D eigenvalue weighted by Gasteiger charge is -2.33. The molecule has 2 N–H and O–H groups in total. The van der Waals surface area contributed by atoms with E-state index in [1.54, 1.807) is 6.20 Å². The summed E-state index contributed by atoms with van der Waals surface area (Å²) in [4.78, 5) is 19.8. The van der Waals surface area contributed by atoms with Crippen LogP contribution in [0.3, 0.4) is 0 Å². The van der Waals surface area contributed by atoms with Crippen LogP contribution in [0.4, 0.5) is 0 Å². The highest BCUT2D eigenvalue weighted by Crippen LogP contribution is 2.29. The Labute approximate surface area is 136 Å². The first-order valence-electron chi connectivity index (χ1n) is 7.80. The predicted molar refractivity (Wildman–Crippen MR) is 93.4 cm³/mol. The van der Waals surface area contributed by atoms with Crippen LogP contribution in [0.1, 0.15) is 29.0 Å². The third-order valence-electron chi connectivity index (χ3n) is 4.71. The van der Waals surface area contributed by atoms with Gasteiger partial charge in [-0.1, -0.05) is 36.8 Å². The number of aryl methyl sites for hydroxylation is 1. The molecule has 1 aliphatic rings. The lowest BCUT2D eigenvalue weighted by molar-refractivity contribution is 0.0929. The Bertz CT molecular complexity index is 715. The van der Waals surface area contributed by atoms with E-state index in [1.807, 2.05) is 13.0 Å². The molecule has 1 aliphatic heterocycles. The van der Waals surface area contributed by atoms with Gasteiger partial charge in [-0.25, -0.2) is 0 Å². The number of halogens is 1. The molecule has 0 atom stereocenters. The average molecular weight is 336 g/mol. The second kappa shape index (κ2) is 5.70. The zero-order valence-corrected chi connectivity index (χ0v) is 15.0. The molecule has 3 rings (SSSR count). The standard InChI is InChI=1S/C16H22ClN3OSi/c1-10-15(17)12-8-13(20-14(12)9-18-10)16(21)19-11-4-6-22(2,3)7-5-11/h8-9,11,20H,4-7H2,1-3H3,(H,19,21). The second-order valence-electron chi connectivity index (χ2n) is 7.08. The first-order chi connectivity index (χ1) is 10.4. The van der Waals surface area contributed by atoms with Crippen molar-refractivity contribution in [3.63, 3.8) is 0 Å². The Morgan fingerprint density at radius 1 is 1.41 bits per heavy atom. The maximum absolute atomic E-state index is 12.4. The summed E-state index contributed by atoms with van der Waals surface area (Å²) in [5, 5.41) is 4.62. The van der Waals surface area contributed by atoms with Crippen molar-refractivity contribution >= 4 is 36.5 Å². The van der Waals surface area contributed by atoms with Crippen LogP contribution in [0, 0.1) is 6.92 Å². The van der Waals surface area contributed by atoms with Gasteiger partial charge in [0.2, 0.25) is 0 Å². The number of pyridine rings is 1. The molecule has 0 unspecified atom stereocenters. The Balaban J connectivity index is 1.74. The number of amides is 1. The van der Waals surface area contributed by atoms with E-state index in [0.717, 1.165) is 29.4 Å². The molecule has 0 spiro atoms. The van der Waals surface area contributed by atoms with Gasteiger partial charge in [0.05, 0.1) is 22.4 Å². The number of carbonyl (C=O) groups excluding carboxylic acids is 1. The first-order valence-corrected chi connectivity index (χ1v) is 11.6. The van der Waals surface area contributed by atoms with E-state index in [4.69, 9.17) is 11.6 Å². The lowest BCUT2D eigenvalue weighted by Crippen LogP contribution is -2.42. The van der Waals surface area contributed by atoms with Crippen LogP contribution in [-0.2, 0) is 0 Å². The van der Waals surface area contributed by atoms with Crippen molar-refractivity contribution in [1.29, 1.82) is 0 Å². The van der Waals surface area contributed by atoms with Crippen molar-refractivity contribution in [2.75, 3.05) is 0 Å². The fraction of sp³-hybridized carbons (Fsp3) is 0.500. The molecule has 118 valence electrons. The fourth-order valence-electron chi connectivity index (χ4n) is 3.10. The SMILES string of the molecule is Cc1ncc2[nH]c(C(=O)NC3CC[Si](C)(C)CC3)cc2c1Cl. The van der Waals surface area contributed by atoms with Crippen LogP contribution >= 0.6 is 11.6 Å². The van der Waals surface area contributed by atoms with Crippen LogP contribution in [0.5, 0.6) is 0 Å². The van der Waals surface area contributed by atoms with Crippen molar-refractivity contribution in [1.82, 2.24) is 15.3 Å². The molecule has 1 fully saturated rings. The van der Waals surface area contributed by atoms with Gasteiger partial charge in [0, 0.05) is 19.5 Å². The van der Waals surface area contributed by atoms with Gasteiger partial charge in [0.1, 0.15) is 5.69 Å². The van der Waals surface area contributed by atoms with Gasteiger partial charge in [0.15, 0.2) is 0 Å². The van der Waals surface area contributed by atoms with Crippen LogP contribution in [0.25, 0.3) is 10.9 Å². The minimum absolute atomic E-state index is 0.0451. The molecule has 4 nitrogen and oxygen atoms in total. The molecule has 0 aromatic carbocycles. The second-order valence-corrected chi connectivity index (χ2v) is 12.8. The molecular weight excluding hydrogens is 314 g/mol. The number of aromatic nitrogens is 2. The summed E-state index contributed by atoms with van der Waals surface area (Å²) in [5.41, 5.74) is 2.14. The number of hydrogen-bond donors (Lipinski definition) is 2. The number of H-pyrrole nitrogens is 1. The topological polar surface area (TPSA) is 57.8 Å². The van der Waals surface area contributed by atoms with E-state index in [9.17, 15) is 4.79 Å². The van der Waals surface area contributed by atoms with Crippen molar-refractivity contribution in [3.05, 3.63) is 28.7 Å².